The van der Waals surface area contributed by atoms with E-state index in [1.54, 1.807) is 0 Å². The highest BCUT2D eigenvalue weighted by Crippen LogP contribution is 2.51. The monoisotopic (exact) mass is 304 g/mol. The number of nitrogens with one attached hydrogen (secondary N) is 1. The second-order valence-electron chi connectivity index (χ2n) is 6.30. The lowest BCUT2D eigenvalue weighted by Gasteiger charge is -2.32. The average molecular weight is 304 g/mol. The fourth-order valence-corrected chi connectivity index (χ4v) is 4.41. The van der Waals surface area contributed by atoms with Gasteiger partial charge in [-0.25, -0.2) is 4.72 Å². The van der Waals surface area contributed by atoms with Gasteiger partial charge in [-0.15, -0.1) is 0 Å². The standard InChI is InChI=1S/C13H24N2O4S/c1-10(2)13(6-7-13)9-14-20(18,19)15-8-4-3-5-11(15)12(16)17/h10-11,14H,3-9H2,1-2H3,(H,16,17). The number of hydrogen-bond acceptors (Lipinski definition) is 3. The molecule has 1 aliphatic carbocycles. The van der Waals surface area contributed by atoms with E-state index in [2.05, 4.69) is 18.6 Å². The van der Waals surface area contributed by atoms with Gasteiger partial charge in [-0.1, -0.05) is 13.8 Å². The van der Waals surface area contributed by atoms with Crippen LogP contribution >= 0.6 is 0 Å². The lowest BCUT2D eigenvalue weighted by molar-refractivity contribution is -0.142. The maximum Gasteiger partial charge on any atom is 0.322 e. The number of aliphatic carboxylic acids is 1. The van der Waals surface area contributed by atoms with Crippen molar-refractivity contribution in [3.63, 3.8) is 0 Å². The molecule has 0 radical (unpaired) electrons. The second kappa shape index (κ2) is 5.61. The highest BCUT2D eigenvalue weighted by atomic mass is 32.2. The minimum absolute atomic E-state index is 0.0710. The van der Waals surface area contributed by atoms with Gasteiger partial charge in [0.1, 0.15) is 6.04 Å². The van der Waals surface area contributed by atoms with Crippen LogP contribution in [0, 0.1) is 11.3 Å². The SMILES string of the molecule is CC(C)C1(CNS(=O)(=O)N2CCCCC2C(=O)O)CC1. The van der Waals surface area contributed by atoms with Gasteiger partial charge in [-0.2, -0.15) is 12.7 Å². The number of piperidine rings is 1. The summed E-state index contributed by atoms with van der Waals surface area (Å²) >= 11 is 0. The number of carbonyl (C=O) groups is 1. The Morgan fingerprint density at radius 3 is 2.55 bits per heavy atom. The van der Waals surface area contributed by atoms with Crippen molar-refractivity contribution in [3.8, 4) is 0 Å². The fraction of sp³-hybridized carbons (Fsp3) is 0.923. The topological polar surface area (TPSA) is 86.7 Å². The molecule has 1 saturated carbocycles. The molecule has 0 aromatic rings. The molecule has 0 aromatic heterocycles. The number of carboxylic acid groups (broad SMARTS) is 1. The van der Waals surface area contributed by atoms with Crippen LogP contribution in [0.15, 0.2) is 0 Å². The number of carboxylic acids is 1. The first-order valence-corrected chi connectivity index (χ1v) is 8.72. The van der Waals surface area contributed by atoms with E-state index in [4.69, 9.17) is 5.11 Å². The van der Waals surface area contributed by atoms with Crippen molar-refractivity contribution >= 4 is 16.2 Å². The third kappa shape index (κ3) is 3.15. The Hall–Kier alpha value is -0.660. The van der Waals surface area contributed by atoms with Gasteiger partial charge >= 0.3 is 5.97 Å². The molecule has 20 heavy (non-hydrogen) atoms. The van der Waals surface area contributed by atoms with Gasteiger partial charge < -0.3 is 5.11 Å². The highest BCUT2D eigenvalue weighted by molar-refractivity contribution is 7.87. The van der Waals surface area contributed by atoms with Crippen molar-refractivity contribution in [3.05, 3.63) is 0 Å². The quantitative estimate of drug-likeness (QED) is 0.772. The van der Waals surface area contributed by atoms with Gasteiger partial charge in [0.2, 0.25) is 0 Å². The summed E-state index contributed by atoms with van der Waals surface area (Å²) < 4.78 is 28.5. The van der Waals surface area contributed by atoms with Crippen LogP contribution in [0.2, 0.25) is 0 Å². The van der Waals surface area contributed by atoms with Gasteiger partial charge in [0.25, 0.3) is 10.2 Å². The number of hydrogen-bond donors (Lipinski definition) is 2. The Balaban J connectivity index is 2.03. The van der Waals surface area contributed by atoms with Crippen molar-refractivity contribution in [1.29, 1.82) is 0 Å². The molecule has 6 nitrogen and oxygen atoms in total. The van der Waals surface area contributed by atoms with Crippen molar-refractivity contribution in [2.75, 3.05) is 13.1 Å². The molecule has 0 amide bonds. The van der Waals surface area contributed by atoms with Crippen LogP contribution in [0.5, 0.6) is 0 Å². The zero-order valence-corrected chi connectivity index (χ0v) is 12.9. The van der Waals surface area contributed by atoms with Gasteiger partial charge in [0.15, 0.2) is 0 Å². The molecular formula is C13H24N2O4S. The molecule has 0 bridgehead atoms. The van der Waals surface area contributed by atoms with Crippen LogP contribution in [0.1, 0.15) is 46.0 Å². The summed E-state index contributed by atoms with van der Waals surface area (Å²) in [6.07, 6.45) is 3.95. The van der Waals surface area contributed by atoms with E-state index in [1.165, 1.54) is 0 Å². The summed E-state index contributed by atoms with van der Waals surface area (Å²) in [6, 6.07) is -0.921. The maximum atomic E-state index is 12.3. The predicted molar refractivity (Wildman–Crippen MR) is 75.4 cm³/mol. The van der Waals surface area contributed by atoms with Gasteiger partial charge in [0.05, 0.1) is 0 Å². The first kappa shape index (κ1) is 15.7. The van der Waals surface area contributed by atoms with Crippen LogP contribution in [-0.2, 0) is 15.0 Å². The Kier molecular flexibility index (Phi) is 4.41. The molecule has 1 aliphatic heterocycles. The molecule has 2 fully saturated rings. The molecule has 1 saturated heterocycles. The zero-order chi connectivity index (χ0) is 15.0. The van der Waals surface area contributed by atoms with Crippen LogP contribution in [0.3, 0.4) is 0 Å². The van der Waals surface area contributed by atoms with Crippen LogP contribution in [0.4, 0.5) is 0 Å². The summed E-state index contributed by atoms with van der Waals surface area (Å²) in [5.41, 5.74) is 0.0710. The lowest BCUT2D eigenvalue weighted by Crippen LogP contribution is -2.53. The van der Waals surface area contributed by atoms with Crippen LogP contribution in [0.25, 0.3) is 0 Å². The minimum atomic E-state index is -3.70. The Labute approximate surface area is 120 Å². The van der Waals surface area contributed by atoms with E-state index in [-0.39, 0.29) is 5.41 Å². The summed E-state index contributed by atoms with van der Waals surface area (Å²) in [5, 5.41) is 9.17. The molecule has 1 heterocycles. The molecule has 1 atom stereocenters. The smallest absolute Gasteiger partial charge is 0.322 e. The van der Waals surface area contributed by atoms with Crippen LogP contribution < -0.4 is 4.72 Å². The lowest BCUT2D eigenvalue weighted by atomic mass is 9.93. The maximum absolute atomic E-state index is 12.3. The molecule has 2 aliphatic rings. The van der Waals surface area contributed by atoms with Crippen molar-refractivity contribution in [1.82, 2.24) is 9.03 Å². The zero-order valence-electron chi connectivity index (χ0n) is 12.1. The highest BCUT2D eigenvalue weighted by Gasteiger charge is 2.46. The molecular weight excluding hydrogens is 280 g/mol. The average Bonchev–Trinajstić information content (AvgIpc) is 3.18. The predicted octanol–water partition coefficient (Wildman–Crippen LogP) is 1.20. The normalized spacial score (nSPS) is 26.6. The Bertz CT molecular complexity index is 471. The number of nitrogens with zero attached hydrogens (tertiary/aromatic N) is 1. The third-order valence-corrected chi connectivity index (χ3v) is 6.33. The molecule has 7 heteroatoms. The Morgan fingerprint density at radius 1 is 1.40 bits per heavy atom. The van der Waals surface area contributed by atoms with Crippen molar-refractivity contribution in [2.24, 2.45) is 11.3 Å². The van der Waals surface area contributed by atoms with E-state index >= 15 is 0 Å². The first-order chi connectivity index (χ1) is 9.28. The first-order valence-electron chi connectivity index (χ1n) is 7.28. The third-order valence-electron chi connectivity index (χ3n) is 4.77. The molecule has 2 N–H and O–H groups in total. The summed E-state index contributed by atoms with van der Waals surface area (Å²) in [6.45, 7) is 4.90. The summed E-state index contributed by atoms with van der Waals surface area (Å²) in [7, 11) is -3.70. The summed E-state index contributed by atoms with van der Waals surface area (Å²) in [5.74, 6) is -0.623. The summed E-state index contributed by atoms with van der Waals surface area (Å²) in [4.78, 5) is 11.2. The van der Waals surface area contributed by atoms with E-state index in [0.29, 0.717) is 25.4 Å². The molecule has 0 spiro atoms. The second-order valence-corrected chi connectivity index (χ2v) is 8.01. The molecule has 1 unspecified atom stereocenters. The van der Waals surface area contributed by atoms with Crippen molar-refractivity contribution in [2.45, 2.75) is 52.0 Å². The van der Waals surface area contributed by atoms with Crippen LogP contribution in [-0.4, -0.2) is 42.9 Å². The van der Waals surface area contributed by atoms with Crippen molar-refractivity contribution < 1.29 is 18.3 Å². The Morgan fingerprint density at radius 2 is 2.05 bits per heavy atom. The molecule has 2 rings (SSSR count). The molecule has 0 aromatic carbocycles. The largest absolute Gasteiger partial charge is 0.480 e. The molecule has 116 valence electrons. The number of rotatable bonds is 6. The van der Waals surface area contributed by atoms with Gasteiger partial charge in [-0.05, 0) is 43.4 Å². The van der Waals surface area contributed by atoms with E-state index in [0.717, 1.165) is 30.0 Å². The van der Waals surface area contributed by atoms with E-state index in [9.17, 15) is 13.2 Å². The van der Waals surface area contributed by atoms with Gasteiger partial charge in [0, 0.05) is 13.1 Å². The van der Waals surface area contributed by atoms with E-state index in [1.807, 2.05) is 0 Å². The van der Waals surface area contributed by atoms with E-state index < -0.39 is 22.2 Å². The fourth-order valence-electron chi connectivity index (χ4n) is 2.88. The minimum Gasteiger partial charge on any atom is -0.480 e. The van der Waals surface area contributed by atoms with Gasteiger partial charge in [-0.3, -0.25) is 4.79 Å².